The summed E-state index contributed by atoms with van der Waals surface area (Å²) in [4.78, 5) is 0. The molecule has 0 spiro atoms. The molecule has 0 unspecified atom stereocenters. The Morgan fingerprint density at radius 2 is 1.75 bits per heavy atom. The summed E-state index contributed by atoms with van der Waals surface area (Å²) in [6, 6.07) is 6.58. The van der Waals surface area contributed by atoms with Crippen molar-refractivity contribution in [1.82, 2.24) is 0 Å². The van der Waals surface area contributed by atoms with Crippen LogP contribution in [0.25, 0.3) is 5.57 Å². The fourth-order valence-corrected chi connectivity index (χ4v) is 2.24. The van der Waals surface area contributed by atoms with Gasteiger partial charge < -0.3 is 0 Å². The summed E-state index contributed by atoms with van der Waals surface area (Å²) in [6.45, 7) is 17.5. The highest BCUT2D eigenvalue weighted by atomic mass is 14.3. The van der Waals surface area contributed by atoms with Crippen molar-refractivity contribution < 1.29 is 0 Å². The number of hydrogen-bond acceptors (Lipinski definition) is 0. The van der Waals surface area contributed by atoms with Gasteiger partial charge in [-0.1, -0.05) is 65.0 Å². The van der Waals surface area contributed by atoms with E-state index in [4.69, 9.17) is 0 Å². The third kappa shape index (κ3) is 2.55. The third-order valence-corrected chi connectivity index (χ3v) is 2.93. The highest BCUT2D eigenvalue weighted by Crippen LogP contribution is 2.35. The van der Waals surface area contributed by atoms with E-state index in [1.807, 2.05) is 0 Å². The van der Waals surface area contributed by atoms with Crippen molar-refractivity contribution in [1.29, 1.82) is 0 Å². The van der Waals surface area contributed by atoms with Gasteiger partial charge in [0, 0.05) is 0 Å². The Bertz CT molecular complexity index is 389. The Morgan fingerprint density at radius 3 is 2.12 bits per heavy atom. The molecule has 0 aliphatic heterocycles. The van der Waals surface area contributed by atoms with E-state index in [0.29, 0.717) is 5.92 Å². The van der Waals surface area contributed by atoms with Crippen LogP contribution in [0.15, 0.2) is 24.8 Å². The van der Waals surface area contributed by atoms with Crippen LogP contribution in [0, 0.1) is 0 Å². The summed E-state index contributed by atoms with van der Waals surface area (Å²) in [5.41, 5.74) is 5.56. The molecule has 0 bridgehead atoms. The maximum Gasteiger partial charge on any atom is -0.0123 e. The van der Waals surface area contributed by atoms with Crippen LogP contribution < -0.4 is 0 Å². The van der Waals surface area contributed by atoms with Crippen molar-refractivity contribution in [3.63, 3.8) is 0 Å². The second-order valence-corrected chi connectivity index (χ2v) is 5.95. The van der Waals surface area contributed by atoms with Gasteiger partial charge in [-0.2, -0.15) is 0 Å². The molecular formula is C16H24. The zero-order valence-corrected chi connectivity index (χ0v) is 11.5. The number of hydrogen-bond donors (Lipinski definition) is 0. The van der Waals surface area contributed by atoms with E-state index < -0.39 is 0 Å². The highest BCUT2D eigenvalue weighted by molar-refractivity contribution is 5.67. The average Bonchev–Trinajstić information content (AvgIpc) is 2.15. The maximum absolute atomic E-state index is 4.10. The molecule has 1 aromatic carbocycles. The minimum Gasteiger partial charge on any atom is -0.0955 e. The lowest BCUT2D eigenvalue weighted by Crippen LogP contribution is -2.17. The quantitative estimate of drug-likeness (QED) is 0.642. The zero-order valence-electron chi connectivity index (χ0n) is 11.5. The summed E-state index contributed by atoms with van der Waals surface area (Å²) < 4.78 is 0. The fourth-order valence-electron chi connectivity index (χ4n) is 2.24. The molecule has 0 fully saturated rings. The lowest BCUT2D eigenvalue weighted by atomic mass is 9.76. The van der Waals surface area contributed by atoms with E-state index in [1.165, 1.54) is 16.7 Å². The second kappa shape index (κ2) is 4.45. The summed E-state index contributed by atoms with van der Waals surface area (Å²) in [6.07, 6.45) is 0. The minimum atomic E-state index is 0.176. The molecule has 0 aromatic heterocycles. The molecule has 0 atom stereocenters. The SMILES string of the molecule is C=C(C)c1cccc(C(C)C)c1C(C)(C)C. The summed E-state index contributed by atoms with van der Waals surface area (Å²) in [5, 5.41) is 0. The first-order valence-electron chi connectivity index (χ1n) is 6.04. The summed E-state index contributed by atoms with van der Waals surface area (Å²) >= 11 is 0. The molecule has 1 rings (SSSR count). The van der Waals surface area contributed by atoms with Gasteiger partial charge in [-0.3, -0.25) is 0 Å². The van der Waals surface area contributed by atoms with E-state index in [0.717, 1.165) is 5.57 Å². The smallest absolute Gasteiger partial charge is 0.0123 e. The maximum atomic E-state index is 4.10. The van der Waals surface area contributed by atoms with Crippen LogP contribution in [0.4, 0.5) is 0 Å². The Labute approximate surface area is 100 Å². The van der Waals surface area contributed by atoms with Gasteiger partial charge in [0.1, 0.15) is 0 Å². The molecule has 0 radical (unpaired) electrons. The van der Waals surface area contributed by atoms with Gasteiger partial charge in [-0.25, -0.2) is 0 Å². The molecule has 0 aliphatic rings. The van der Waals surface area contributed by atoms with Gasteiger partial charge >= 0.3 is 0 Å². The van der Waals surface area contributed by atoms with Crippen LogP contribution in [-0.2, 0) is 5.41 Å². The minimum absolute atomic E-state index is 0.176. The van der Waals surface area contributed by atoms with Gasteiger partial charge in [0.15, 0.2) is 0 Å². The van der Waals surface area contributed by atoms with E-state index in [9.17, 15) is 0 Å². The van der Waals surface area contributed by atoms with E-state index in [1.54, 1.807) is 0 Å². The molecule has 1 aromatic rings. The molecule has 0 amide bonds. The third-order valence-electron chi connectivity index (χ3n) is 2.93. The lowest BCUT2D eigenvalue weighted by Gasteiger charge is -2.28. The standard InChI is InChI=1S/C16H24/c1-11(2)13-9-8-10-14(12(3)4)15(13)16(5,6)7/h8-10,12H,1H2,2-7H3. The van der Waals surface area contributed by atoms with Crippen molar-refractivity contribution in [2.75, 3.05) is 0 Å². The molecule has 0 heteroatoms. The van der Waals surface area contributed by atoms with Crippen molar-refractivity contribution in [3.8, 4) is 0 Å². The Morgan fingerprint density at radius 1 is 1.19 bits per heavy atom. The molecule has 0 heterocycles. The van der Waals surface area contributed by atoms with Crippen LogP contribution in [0.1, 0.15) is 64.2 Å². The number of allylic oxidation sites excluding steroid dienone is 1. The Balaban J connectivity index is 3.54. The predicted molar refractivity (Wildman–Crippen MR) is 73.9 cm³/mol. The molecular weight excluding hydrogens is 192 g/mol. The first-order chi connectivity index (χ1) is 7.25. The molecule has 0 saturated carbocycles. The topological polar surface area (TPSA) is 0 Å². The van der Waals surface area contributed by atoms with Crippen LogP contribution in [0.2, 0.25) is 0 Å². The highest BCUT2D eigenvalue weighted by Gasteiger charge is 2.22. The van der Waals surface area contributed by atoms with Gasteiger partial charge in [0.05, 0.1) is 0 Å². The van der Waals surface area contributed by atoms with Crippen LogP contribution in [0.3, 0.4) is 0 Å². The molecule has 0 nitrogen and oxygen atoms in total. The van der Waals surface area contributed by atoms with Crippen molar-refractivity contribution in [2.24, 2.45) is 0 Å². The van der Waals surface area contributed by atoms with E-state index >= 15 is 0 Å². The van der Waals surface area contributed by atoms with Crippen LogP contribution in [0.5, 0.6) is 0 Å². The van der Waals surface area contributed by atoms with Gasteiger partial charge in [-0.15, -0.1) is 0 Å². The Kier molecular flexibility index (Phi) is 3.62. The molecule has 16 heavy (non-hydrogen) atoms. The van der Waals surface area contributed by atoms with Crippen molar-refractivity contribution in [3.05, 3.63) is 41.5 Å². The van der Waals surface area contributed by atoms with Gasteiger partial charge in [-0.05, 0) is 34.9 Å². The Hall–Kier alpha value is -1.04. The summed E-state index contributed by atoms with van der Waals surface area (Å²) in [7, 11) is 0. The molecule has 0 N–H and O–H groups in total. The van der Waals surface area contributed by atoms with Crippen LogP contribution in [-0.4, -0.2) is 0 Å². The van der Waals surface area contributed by atoms with Crippen molar-refractivity contribution >= 4 is 5.57 Å². The van der Waals surface area contributed by atoms with Gasteiger partial charge in [0.25, 0.3) is 0 Å². The fraction of sp³-hybridized carbons (Fsp3) is 0.500. The van der Waals surface area contributed by atoms with E-state index in [-0.39, 0.29) is 5.41 Å². The number of rotatable bonds is 2. The monoisotopic (exact) mass is 216 g/mol. The zero-order chi connectivity index (χ0) is 12.5. The average molecular weight is 216 g/mol. The molecule has 88 valence electrons. The van der Waals surface area contributed by atoms with E-state index in [2.05, 4.69) is 66.3 Å². The van der Waals surface area contributed by atoms with Crippen molar-refractivity contribution in [2.45, 2.75) is 52.9 Å². The normalized spacial score (nSPS) is 11.9. The largest absolute Gasteiger partial charge is 0.0955 e. The number of benzene rings is 1. The van der Waals surface area contributed by atoms with Crippen LogP contribution >= 0.6 is 0 Å². The predicted octanol–water partition coefficient (Wildman–Crippen LogP) is 5.14. The summed E-state index contributed by atoms with van der Waals surface area (Å²) in [5.74, 6) is 0.563. The first kappa shape index (κ1) is 13.0. The molecule has 0 aliphatic carbocycles. The van der Waals surface area contributed by atoms with Gasteiger partial charge in [0.2, 0.25) is 0 Å². The first-order valence-corrected chi connectivity index (χ1v) is 6.04. The second-order valence-electron chi connectivity index (χ2n) is 5.95. The molecule has 0 saturated heterocycles. The lowest BCUT2D eigenvalue weighted by molar-refractivity contribution is 0.575.